The monoisotopic (exact) mass is 464 g/mol. The average molecular weight is 465 g/mol. The Hall–Kier alpha value is -3.32. The summed E-state index contributed by atoms with van der Waals surface area (Å²) in [5.41, 5.74) is 11.4. The van der Waals surface area contributed by atoms with Gasteiger partial charge in [-0.1, -0.05) is 24.3 Å². The molecule has 0 aliphatic heterocycles. The van der Waals surface area contributed by atoms with Crippen LogP contribution in [-0.2, 0) is 0 Å². The largest absolute Gasteiger partial charge is 0.496 e. The van der Waals surface area contributed by atoms with Crippen molar-refractivity contribution >= 4 is 38.6 Å². The molecule has 2 aromatic carbocycles. The van der Waals surface area contributed by atoms with Crippen molar-refractivity contribution in [2.24, 2.45) is 0 Å². The highest BCUT2D eigenvalue weighted by Crippen LogP contribution is 2.41. The molecule has 0 radical (unpaired) electrons. The van der Waals surface area contributed by atoms with Crippen molar-refractivity contribution in [1.82, 2.24) is 14.9 Å². The first-order valence-electron chi connectivity index (χ1n) is 9.33. The maximum absolute atomic E-state index is 12.5. The summed E-state index contributed by atoms with van der Waals surface area (Å²) in [6.07, 6.45) is 3.71. The maximum atomic E-state index is 12.5. The van der Waals surface area contributed by atoms with Crippen LogP contribution in [0.2, 0.25) is 0 Å². The molecule has 0 bridgehead atoms. The average Bonchev–Trinajstić information content (AvgIpc) is 3.19. The number of carbonyl (C=O) groups is 1. The zero-order valence-corrected chi connectivity index (χ0v) is 18.4. The van der Waals surface area contributed by atoms with Gasteiger partial charge in [0.05, 0.1) is 12.7 Å². The number of para-hydroxylation sites is 1. The Balaban J connectivity index is 1.92. The number of hydrogen-bond acceptors (Lipinski definition) is 4. The molecule has 2 aromatic heterocycles. The number of H-pyrrole nitrogens is 1. The molecule has 2 heterocycles. The highest BCUT2D eigenvalue weighted by Gasteiger charge is 2.19. The standard InChI is InChI=1S/C23H21BrN4O2/c1-28(2)23(29)15-10-13(8-9-18(15)25)16-11-26-22-20(21(16)24)17(12-27-22)14-6-4-5-7-19(14)30-3/h4-12H,25H2,1-3H3,(H,26,27). The van der Waals surface area contributed by atoms with Crippen molar-refractivity contribution in [2.75, 3.05) is 26.9 Å². The molecule has 0 aliphatic carbocycles. The van der Waals surface area contributed by atoms with E-state index < -0.39 is 0 Å². The fourth-order valence-electron chi connectivity index (χ4n) is 3.49. The number of rotatable bonds is 4. The summed E-state index contributed by atoms with van der Waals surface area (Å²) in [4.78, 5) is 21.9. The number of halogens is 1. The van der Waals surface area contributed by atoms with E-state index >= 15 is 0 Å². The molecule has 0 spiro atoms. The normalized spacial score (nSPS) is 10.9. The van der Waals surface area contributed by atoms with E-state index in [1.807, 2.05) is 36.5 Å². The summed E-state index contributed by atoms with van der Waals surface area (Å²) in [7, 11) is 5.07. The van der Waals surface area contributed by atoms with E-state index in [4.69, 9.17) is 10.5 Å². The second-order valence-corrected chi connectivity index (χ2v) is 7.91. The zero-order chi connectivity index (χ0) is 21.4. The SMILES string of the molecule is COc1ccccc1-c1c[nH]c2ncc(-c3ccc(N)c(C(=O)N(C)C)c3)c(Br)c12. The van der Waals surface area contributed by atoms with Crippen molar-refractivity contribution in [3.63, 3.8) is 0 Å². The molecule has 152 valence electrons. The molecule has 0 saturated heterocycles. The number of pyridine rings is 1. The lowest BCUT2D eigenvalue weighted by atomic mass is 9.99. The van der Waals surface area contributed by atoms with Crippen LogP contribution < -0.4 is 10.5 Å². The fourth-order valence-corrected chi connectivity index (χ4v) is 4.22. The minimum absolute atomic E-state index is 0.143. The number of carbonyl (C=O) groups excluding carboxylic acids is 1. The first-order chi connectivity index (χ1) is 14.4. The van der Waals surface area contributed by atoms with E-state index in [1.54, 1.807) is 39.5 Å². The molecule has 4 aromatic rings. The molecule has 0 saturated carbocycles. The topological polar surface area (TPSA) is 84.2 Å². The predicted octanol–water partition coefficient (Wildman–Crippen LogP) is 4.95. The van der Waals surface area contributed by atoms with Gasteiger partial charge in [-0.15, -0.1) is 0 Å². The maximum Gasteiger partial charge on any atom is 0.255 e. The number of ether oxygens (including phenoxy) is 1. The number of aromatic nitrogens is 2. The van der Waals surface area contributed by atoms with Gasteiger partial charge in [-0.2, -0.15) is 0 Å². The van der Waals surface area contributed by atoms with Gasteiger partial charge in [0.2, 0.25) is 0 Å². The van der Waals surface area contributed by atoms with E-state index in [0.717, 1.165) is 43.5 Å². The molecule has 0 aliphatic rings. The number of benzene rings is 2. The van der Waals surface area contributed by atoms with Crippen LogP contribution in [0.1, 0.15) is 10.4 Å². The van der Waals surface area contributed by atoms with Crippen LogP contribution in [0.5, 0.6) is 5.75 Å². The van der Waals surface area contributed by atoms with E-state index in [0.29, 0.717) is 11.3 Å². The summed E-state index contributed by atoms with van der Waals surface area (Å²) in [5, 5.41) is 0.939. The van der Waals surface area contributed by atoms with Gasteiger partial charge in [0.25, 0.3) is 5.91 Å². The summed E-state index contributed by atoms with van der Waals surface area (Å²) >= 11 is 3.77. The Morgan fingerprint density at radius 3 is 2.63 bits per heavy atom. The minimum Gasteiger partial charge on any atom is -0.496 e. The number of nitrogen functional groups attached to an aromatic ring is 1. The van der Waals surface area contributed by atoms with Crippen molar-refractivity contribution in [3.8, 4) is 28.0 Å². The first kappa shape index (κ1) is 20.0. The van der Waals surface area contributed by atoms with E-state index in [-0.39, 0.29) is 5.91 Å². The molecule has 0 unspecified atom stereocenters. The highest BCUT2D eigenvalue weighted by atomic mass is 79.9. The van der Waals surface area contributed by atoms with Gasteiger partial charge in [0.1, 0.15) is 11.4 Å². The zero-order valence-electron chi connectivity index (χ0n) is 16.9. The van der Waals surface area contributed by atoms with Crippen LogP contribution in [0.15, 0.2) is 59.3 Å². The third-order valence-corrected chi connectivity index (χ3v) is 5.86. The summed E-state index contributed by atoms with van der Waals surface area (Å²) in [5.74, 6) is 0.637. The Bertz CT molecular complexity index is 1260. The van der Waals surface area contributed by atoms with Crippen molar-refractivity contribution in [2.45, 2.75) is 0 Å². The molecule has 30 heavy (non-hydrogen) atoms. The lowest BCUT2D eigenvalue weighted by molar-refractivity contribution is 0.0828. The number of nitrogens with two attached hydrogens (primary N) is 1. The van der Waals surface area contributed by atoms with Gasteiger partial charge in [-0.25, -0.2) is 4.98 Å². The van der Waals surface area contributed by atoms with Crippen LogP contribution in [0.25, 0.3) is 33.3 Å². The molecular formula is C23H21BrN4O2. The predicted molar refractivity (Wildman–Crippen MR) is 124 cm³/mol. The van der Waals surface area contributed by atoms with Crippen molar-refractivity contribution in [1.29, 1.82) is 0 Å². The number of amides is 1. The van der Waals surface area contributed by atoms with Crippen LogP contribution in [0.4, 0.5) is 5.69 Å². The van der Waals surface area contributed by atoms with Crippen LogP contribution >= 0.6 is 15.9 Å². The fraction of sp³-hybridized carbons (Fsp3) is 0.130. The lowest BCUT2D eigenvalue weighted by Crippen LogP contribution is -2.22. The van der Waals surface area contributed by atoms with Crippen LogP contribution in [0, 0.1) is 0 Å². The molecule has 1 amide bonds. The van der Waals surface area contributed by atoms with E-state index in [1.165, 1.54) is 4.90 Å². The molecule has 0 atom stereocenters. The Kier molecular flexibility index (Phi) is 5.22. The van der Waals surface area contributed by atoms with Crippen LogP contribution in [-0.4, -0.2) is 42.0 Å². The molecule has 6 nitrogen and oxygen atoms in total. The minimum atomic E-state index is -0.143. The van der Waals surface area contributed by atoms with Gasteiger partial charge in [-0.05, 0) is 39.7 Å². The molecule has 7 heteroatoms. The second kappa shape index (κ2) is 7.84. The number of methoxy groups -OCH3 is 1. The van der Waals surface area contributed by atoms with Gasteiger partial charge in [0.15, 0.2) is 0 Å². The first-order valence-corrected chi connectivity index (χ1v) is 10.1. The number of nitrogens with one attached hydrogen (secondary N) is 1. The van der Waals surface area contributed by atoms with Gasteiger partial charge in [-0.3, -0.25) is 4.79 Å². The number of fused-ring (bicyclic) bond motifs is 1. The number of anilines is 1. The third kappa shape index (κ3) is 3.31. The molecule has 3 N–H and O–H groups in total. The van der Waals surface area contributed by atoms with Crippen molar-refractivity contribution < 1.29 is 9.53 Å². The summed E-state index contributed by atoms with van der Waals surface area (Å²) < 4.78 is 6.42. The quantitative estimate of drug-likeness (QED) is 0.418. The molecule has 4 rings (SSSR count). The lowest BCUT2D eigenvalue weighted by Gasteiger charge is -2.14. The summed E-state index contributed by atoms with van der Waals surface area (Å²) in [6.45, 7) is 0. The number of nitrogens with zero attached hydrogens (tertiary/aromatic N) is 2. The Morgan fingerprint density at radius 2 is 1.90 bits per heavy atom. The smallest absolute Gasteiger partial charge is 0.255 e. The Labute approximate surface area is 182 Å². The van der Waals surface area contributed by atoms with Crippen molar-refractivity contribution in [3.05, 3.63) is 64.9 Å². The molecular weight excluding hydrogens is 444 g/mol. The third-order valence-electron chi connectivity index (χ3n) is 5.04. The summed E-state index contributed by atoms with van der Waals surface area (Å²) in [6, 6.07) is 13.3. The Morgan fingerprint density at radius 1 is 1.13 bits per heavy atom. The highest BCUT2D eigenvalue weighted by molar-refractivity contribution is 9.10. The van der Waals surface area contributed by atoms with Gasteiger partial charge >= 0.3 is 0 Å². The molecule has 0 fully saturated rings. The number of aromatic amines is 1. The number of hydrogen-bond donors (Lipinski definition) is 2. The van der Waals surface area contributed by atoms with E-state index in [2.05, 4.69) is 25.9 Å². The van der Waals surface area contributed by atoms with Crippen LogP contribution in [0.3, 0.4) is 0 Å². The second-order valence-electron chi connectivity index (χ2n) is 7.11. The van der Waals surface area contributed by atoms with Gasteiger partial charge in [0, 0.05) is 58.7 Å². The van der Waals surface area contributed by atoms with Gasteiger partial charge < -0.3 is 20.4 Å². The van der Waals surface area contributed by atoms with E-state index in [9.17, 15) is 4.79 Å².